The average Bonchev–Trinajstić information content (AvgIpc) is 3.59. The maximum absolute atomic E-state index is 6.47. The first-order valence-electron chi connectivity index (χ1n) is 17.4. The van der Waals surface area contributed by atoms with Gasteiger partial charge in [0, 0.05) is 27.5 Å². The molecule has 0 radical (unpaired) electrons. The third kappa shape index (κ3) is 5.20. The molecule has 1 aliphatic rings. The molecule has 0 atom stereocenters. The fourth-order valence-corrected chi connectivity index (χ4v) is 7.45. The molecule has 51 heavy (non-hydrogen) atoms. The monoisotopic (exact) mass is 653 g/mol. The molecule has 0 saturated heterocycles. The van der Waals surface area contributed by atoms with Crippen molar-refractivity contribution >= 4 is 38.8 Å². The number of benzene rings is 7. The molecule has 2 heterocycles. The van der Waals surface area contributed by atoms with Gasteiger partial charge in [0.15, 0.2) is 17.5 Å². The Balaban J connectivity index is 1.13. The Morgan fingerprint density at radius 1 is 0.451 bits per heavy atom. The van der Waals surface area contributed by atoms with E-state index in [2.05, 4.69) is 146 Å². The maximum atomic E-state index is 6.47. The van der Waals surface area contributed by atoms with Crippen molar-refractivity contribution in [2.45, 2.75) is 12.8 Å². The molecule has 0 saturated carbocycles. The Bertz CT molecular complexity index is 2800. The second-order valence-corrected chi connectivity index (χ2v) is 13.1. The highest BCUT2D eigenvalue weighted by atomic mass is 16.3. The summed E-state index contributed by atoms with van der Waals surface area (Å²) >= 11 is 0. The molecule has 4 nitrogen and oxygen atoms in total. The Morgan fingerprint density at radius 2 is 1.16 bits per heavy atom. The molecule has 1 aliphatic carbocycles. The number of aromatic nitrogens is 3. The van der Waals surface area contributed by atoms with Crippen molar-refractivity contribution in [3.63, 3.8) is 0 Å². The molecule has 0 bridgehead atoms. The lowest BCUT2D eigenvalue weighted by Crippen LogP contribution is -2.01. The van der Waals surface area contributed by atoms with Crippen LogP contribution in [-0.2, 0) is 6.42 Å². The zero-order valence-electron chi connectivity index (χ0n) is 27.8. The lowest BCUT2D eigenvalue weighted by molar-refractivity contribution is 0.669. The number of rotatable bonds is 5. The smallest absolute Gasteiger partial charge is 0.164 e. The predicted octanol–water partition coefficient (Wildman–Crippen LogP) is 12.2. The van der Waals surface area contributed by atoms with Gasteiger partial charge in [0.1, 0.15) is 11.2 Å². The SMILES string of the molecule is C1=Cc2cccc(-c3ccc(-c4nc(-c5ccc6ccccc6c5)nc(-c5cccc6oc7cc(-c8ccccc8)ccc7c56)n4)cc3)c2CC1. The van der Waals surface area contributed by atoms with Gasteiger partial charge in [0.05, 0.1) is 0 Å². The standard InChI is InChI=1S/C47H31N3O/c1-2-10-30(11-3-1)36-26-27-40-43(29-36)51-42-19-9-18-41(44(40)42)47-49-45(48-46(50-47)37-25-20-31-12-4-5-14-35(31)28-37)34-23-21-33(22-24-34)39-17-8-15-32-13-6-7-16-38(32)39/h1-6,8-15,17-29H,7,16H2. The van der Waals surface area contributed by atoms with Gasteiger partial charge in [-0.2, -0.15) is 0 Å². The van der Waals surface area contributed by atoms with E-state index in [4.69, 9.17) is 19.4 Å². The van der Waals surface area contributed by atoms with E-state index in [1.54, 1.807) is 0 Å². The number of hydrogen-bond acceptors (Lipinski definition) is 4. The van der Waals surface area contributed by atoms with Crippen molar-refractivity contribution < 1.29 is 4.42 Å². The van der Waals surface area contributed by atoms with E-state index in [1.165, 1.54) is 27.6 Å². The topological polar surface area (TPSA) is 51.8 Å². The van der Waals surface area contributed by atoms with E-state index in [0.717, 1.165) is 68.0 Å². The lowest BCUT2D eigenvalue weighted by Gasteiger charge is -2.16. The van der Waals surface area contributed by atoms with Crippen LogP contribution in [-0.4, -0.2) is 15.0 Å². The molecule has 4 heteroatoms. The summed E-state index contributed by atoms with van der Waals surface area (Å²) < 4.78 is 6.47. The van der Waals surface area contributed by atoms with E-state index in [1.807, 2.05) is 18.2 Å². The van der Waals surface area contributed by atoms with Gasteiger partial charge in [0.25, 0.3) is 0 Å². The average molecular weight is 654 g/mol. The molecule has 0 unspecified atom stereocenters. The van der Waals surface area contributed by atoms with Crippen molar-refractivity contribution in [2.75, 3.05) is 0 Å². The van der Waals surface area contributed by atoms with E-state index in [0.29, 0.717) is 17.5 Å². The molecular formula is C47H31N3O. The molecule has 0 aliphatic heterocycles. The van der Waals surface area contributed by atoms with Crippen molar-refractivity contribution in [3.05, 3.63) is 169 Å². The van der Waals surface area contributed by atoms with Crippen LogP contribution in [0.15, 0.2) is 162 Å². The first-order chi connectivity index (χ1) is 25.2. The molecule has 0 spiro atoms. The largest absolute Gasteiger partial charge is 0.456 e. The maximum Gasteiger partial charge on any atom is 0.164 e. The molecule has 0 fully saturated rings. The summed E-state index contributed by atoms with van der Waals surface area (Å²) in [6.07, 6.45) is 6.62. The zero-order valence-corrected chi connectivity index (χ0v) is 27.8. The highest BCUT2D eigenvalue weighted by molar-refractivity contribution is 6.12. The summed E-state index contributed by atoms with van der Waals surface area (Å²) in [4.78, 5) is 15.4. The Morgan fingerprint density at radius 3 is 2.04 bits per heavy atom. The summed E-state index contributed by atoms with van der Waals surface area (Å²) in [5.41, 5.74) is 11.9. The number of nitrogens with zero attached hydrogens (tertiary/aromatic N) is 3. The minimum atomic E-state index is 0.608. The Labute approximate surface area is 295 Å². The molecule has 0 amide bonds. The van der Waals surface area contributed by atoms with Gasteiger partial charge in [-0.3, -0.25) is 0 Å². The van der Waals surface area contributed by atoms with Crippen LogP contribution in [0, 0.1) is 0 Å². The summed E-state index contributed by atoms with van der Waals surface area (Å²) in [6.45, 7) is 0. The van der Waals surface area contributed by atoms with E-state index in [-0.39, 0.29) is 0 Å². The van der Waals surface area contributed by atoms with Gasteiger partial charge in [-0.15, -0.1) is 0 Å². The Kier molecular flexibility index (Phi) is 6.91. The first kappa shape index (κ1) is 29.3. The van der Waals surface area contributed by atoms with Crippen LogP contribution < -0.4 is 0 Å². The van der Waals surface area contributed by atoms with Crippen LogP contribution in [0.3, 0.4) is 0 Å². The molecule has 240 valence electrons. The van der Waals surface area contributed by atoms with Crippen LogP contribution in [0.2, 0.25) is 0 Å². The fourth-order valence-electron chi connectivity index (χ4n) is 7.45. The zero-order chi connectivity index (χ0) is 33.7. The van der Waals surface area contributed by atoms with Gasteiger partial charge in [-0.1, -0.05) is 140 Å². The van der Waals surface area contributed by atoms with Gasteiger partial charge in [-0.05, 0) is 81.3 Å². The number of allylic oxidation sites excluding steroid dienone is 1. The summed E-state index contributed by atoms with van der Waals surface area (Å²) in [7, 11) is 0. The molecule has 9 aromatic rings. The van der Waals surface area contributed by atoms with Gasteiger partial charge in [0.2, 0.25) is 0 Å². The Hall–Kier alpha value is -6.65. The summed E-state index contributed by atoms with van der Waals surface area (Å²) in [5.74, 6) is 1.87. The van der Waals surface area contributed by atoms with E-state index < -0.39 is 0 Å². The van der Waals surface area contributed by atoms with Crippen LogP contribution >= 0.6 is 0 Å². The van der Waals surface area contributed by atoms with E-state index in [9.17, 15) is 0 Å². The number of furan rings is 1. The number of hydrogen-bond donors (Lipinski definition) is 0. The third-order valence-corrected chi connectivity index (χ3v) is 10.0. The van der Waals surface area contributed by atoms with Gasteiger partial charge < -0.3 is 4.42 Å². The highest BCUT2D eigenvalue weighted by Crippen LogP contribution is 2.39. The van der Waals surface area contributed by atoms with Crippen LogP contribution in [0.25, 0.3) is 95.2 Å². The van der Waals surface area contributed by atoms with Crippen LogP contribution in [0.5, 0.6) is 0 Å². The third-order valence-electron chi connectivity index (χ3n) is 10.0. The summed E-state index contributed by atoms with van der Waals surface area (Å²) in [6, 6.07) is 52.9. The van der Waals surface area contributed by atoms with Gasteiger partial charge >= 0.3 is 0 Å². The molecule has 0 N–H and O–H groups in total. The molecule has 10 rings (SSSR count). The second kappa shape index (κ2) is 12.0. The quantitative estimate of drug-likeness (QED) is 0.185. The normalized spacial score (nSPS) is 12.5. The predicted molar refractivity (Wildman–Crippen MR) is 209 cm³/mol. The van der Waals surface area contributed by atoms with Gasteiger partial charge in [-0.25, -0.2) is 15.0 Å². The van der Waals surface area contributed by atoms with Crippen molar-refractivity contribution in [1.29, 1.82) is 0 Å². The molecule has 2 aromatic heterocycles. The summed E-state index contributed by atoms with van der Waals surface area (Å²) in [5, 5.41) is 4.34. The van der Waals surface area contributed by atoms with Crippen molar-refractivity contribution in [1.82, 2.24) is 15.0 Å². The van der Waals surface area contributed by atoms with Crippen molar-refractivity contribution in [2.24, 2.45) is 0 Å². The van der Waals surface area contributed by atoms with Crippen molar-refractivity contribution in [3.8, 4) is 56.4 Å². The minimum absolute atomic E-state index is 0.608. The minimum Gasteiger partial charge on any atom is -0.456 e. The second-order valence-electron chi connectivity index (χ2n) is 13.1. The fraction of sp³-hybridized carbons (Fsp3) is 0.0426. The first-order valence-corrected chi connectivity index (χ1v) is 17.4. The van der Waals surface area contributed by atoms with Crippen LogP contribution in [0.4, 0.5) is 0 Å². The van der Waals surface area contributed by atoms with Crippen LogP contribution in [0.1, 0.15) is 17.5 Å². The molecular weight excluding hydrogens is 623 g/mol. The number of fused-ring (bicyclic) bond motifs is 5. The highest BCUT2D eigenvalue weighted by Gasteiger charge is 2.19. The van der Waals surface area contributed by atoms with E-state index >= 15 is 0 Å². The lowest BCUT2D eigenvalue weighted by atomic mass is 9.89. The molecule has 7 aromatic carbocycles.